The minimum atomic E-state index is -3.45. The molecule has 0 radical (unpaired) electrons. The smallest absolute Gasteiger partial charge is 0.320 e. The Bertz CT molecular complexity index is 515. The van der Waals surface area contributed by atoms with Gasteiger partial charge in [-0.2, -0.15) is 0 Å². The van der Waals surface area contributed by atoms with Crippen LogP contribution in [0.1, 0.15) is 12.1 Å². The van der Waals surface area contributed by atoms with Crippen LogP contribution < -0.4 is 5.73 Å². The normalized spacial score (nSPS) is 13.3. The molecule has 1 heterocycles. The van der Waals surface area contributed by atoms with Crippen LogP contribution in [0.3, 0.4) is 0 Å². The first-order valence-electron chi connectivity index (χ1n) is 4.81. The third-order valence-corrected chi connectivity index (χ3v) is 2.91. The number of carbonyl (C=O) groups is 1. The summed E-state index contributed by atoms with van der Waals surface area (Å²) in [4.78, 5) is 17.9. The summed E-state index contributed by atoms with van der Waals surface area (Å²) in [6, 6.07) is 0.551. The molecule has 94 valence electrons. The predicted octanol–water partition coefficient (Wildman–Crippen LogP) is -0.775. The maximum absolute atomic E-state index is 11.2. The zero-order chi connectivity index (χ0) is 13.1. The molecule has 3 N–H and O–H groups in total. The van der Waals surface area contributed by atoms with Crippen molar-refractivity contribution < 1.29 is 18.3 Å². The van der Waals surface area contributed by atoms with Gasteiger partial charge in [-0.3, -0.25) is 4.79 Å². The van der Waals surface area contributed by atoms with Crippen LogP contribution in [0.2, 0.25) is 0 Å². The van der Waals surface area contributed by atoms with Gasteiger partial charge in [0.25, 0.3) is 0 Å². The van der Waals surface area contributed by atoms with Crippen molar-refractivity contribution in [3.05, 3.63) is 18.0 Å². The molecule has 0 fully saturated rings. The van der Waals surface area contributed by atoms with E-state index in [1.165, 1.54) is 12.3 Å². The molecule has 7 nitrogen and oxygen atoms in total. The van der Waals surface area contributed by atoms with E-state index < -0.39 is 21.8 Å². The predicted molar refractivity (Wildman–Crippen MR) is 59.1 cm³/mol. The monoisotopic (exact) mass is 259 g/mol. The van der Waals surface area contributed by atoms with Crippen molar-refractivity contribution in [1.29, 1.82) is 0 Å². The molecule has 0 aliphatic rings. The van der Waals surface area contributed by atoms with E-state index in [1.54, 1.807) is 0 Å². The van der Waals surface area contributed by atoms with Gasteiger partial charge in [0.1, 0.15) is 6.04 Å². The number of sulfone groups is 1. The number of carboxylic acid groups (broad SMARTS) is 1. The molecule has 0 saturated heterocycles. The molecule has 0 bridgehead atoms. The lowest BCUT2D eigenvalue weighted by Gasteiger charge is -2.05. The van der Waals surface area contributed by atoms with Crippen LogP contribution in [0.25, 0.3) is 0 Å². The number of nitrogens with two attached hydrogens (primary N) is 1. The lowest BCUT2D eigenvalue weighted by molar-refractivity contribution is -0.138. The second kappa shape index (κ2) is 5.19. The van der Waals surface area contributed by atoms with E-state index in [0.717, 1.165) is 6.26 Å². The molecular weight excluding hydrogens is 246 g/mol. The molecular formula is C9H13N3O4S. The summed E-state index contributed by atoms with van der Waals surface area (Å²) in [5.74, 6) is -1.10. The van der Waals surface area contributed by atoms with Gasteiger partial charge in [-0.05, 0) is 18.9 Å². The van der Waals surface area contributed by atoms with Gasteiger partial charge in [-0.15, -0.1) is 0 Å². The van der Waals surface area contributed by atoms with Crippen molar-refractivity contribution in [3.63, 3.8) is 0 Å². The molecule has 0 unspecified atom stereocenters. The number of aryl methyl sites for hydroxylation is 1. The number of rotatable bonds is 5. The number of hydrogen-bond acceptors (Lipinski definition) is 6. The van der Waals surface area contributed by atoms with Crippen LogP contribution in [0.15, 0.2) is 17.4 Å². The fourth-order valence-corrected chi connectivity index (χ4v) is 1.66. The summed E-state index contributed by atoms with van der Waals surface area (Å²) in [5, 5.41) is 8.33. The zero-order valence-electron chi connectivity index (χ0n) is 9.20. The summed E-state index contributed by atoms with van der Waals surface area (Å²) >= 11 is 0. The van der Waals surface area contributed by atoms with Gasteiger partial charge in [-0.25, -0.2) is 18.4 Å². The molecule has 0 amide bonds. The van der Waals surface area contributed by atoms with E-state index in [-0.39, 0.29) is 11.6 Å². The van der Waals surface area contributed by atoms with Gasteiger partial charge in [0.15, 0.2) is 0 Å². The summed E-state index contributed by atoms with van der Waals surface area (Å²) < 4.78 is 22.4. The Labute approximate surface area is 98.6 Å². The SMILES string of the molecule is CS(=O)(=O)c1nccc(CC[C@H](N)C(=O)O)n1. The lowest BCUT2D eigenvalue weighted by Crippen LogP contribution is -2.30. The average Bonchev–Trinajstić information content (AvgIpc) is 2.25. The Morgan fingerprint density at radius 1 is 1.59 bits per heavy atom. The van der Waals surface area contributed by atoms with E-state index in [1.807, 2.05) is 0 Å². The molecule has 0 aliphatic heterocycles. The van der Waals surface area contributed by atoms with E-state index in [2.05, 4.69) is 9.97 Å². The van der Waals surface area contributed by atoms with E-state index in [9.17, 15) is 13.2 Å². The third-order valence-electron chi connectivity index (χ3n) is 2.05. The molecule has 1 rings (SSSR count). The number of nitrogens with zero attached hydrogens (tertiary/aromatic N) is 2. The number of aliphatic carboxylic acids is 1. The highest BCUT2D eigenvalue weighted by Gasteiger charge is 2.14. The van der Waals surface area contributed by atoms with Gasteiger partial charge in [-0.1, -0.05) is 0 Å². The minimum Gasteiger partial charge on any atom is -0.480 e. The summed E-state index contributed by atoms with van der Waals surface area (Å²) in [6.07, 6.45) is 2.81. The van der Waals surface area contributed by atoms with E-state index in [4.69, 9.17) is 10.8 Å². The van der Waals surface area contributed by atoms with E-state index in [0.29, 0.717) is 12.1 Å². The standard InChI is InChI=1S/C9H13N3O4S/c1-17(15,16)9-11-5-4-6(12-9)2-3-7(10)8(13)14/h4-5,7H,2-3,10H2,1H3,(H,13,14)/t7-/m0/s1. The van der Waals surface area contributed by atoms with Gasteiger partial charge in [0, 0.05) is 18.1 Å². The molecule has 0 aromatic carbocycles. The minimum absolute atomic E-state index is 0.190. The first-order chi connectivity index (χ1) is 7.80. The Morgan fingerprint density at radius 3 is 2.76 bits per heavy atom. The largest absolute Gasteiger partial charge is 0.480 e. The first-order valence-corrected chi connectivity index (χ1v) is 6.70. The Hall–Kier alpha value is -1.54. The fourth-order valence-electron chi connectivity index (χ4n) is 1.12. The van der Waals surface area contributed by atoms with Crippen molar-refractivity contribution in [2.75, 3.05) is 6.26 Å². The molecule has 0 saturated carbocycles. The quantitative estimate of drug-likeness (QED) is 0.665. The zero-order valence-corrected chi connectivity index (χ0v) is 10.0. The number of carboxylic acids is 1. The highest BCUT2D eigenvalue weighted by Crippen LogP contribution is 2.05. The highest BCUT2D eigenvalue weighted by atomic mass is 32.2. The Balaban J connectivity index is 2.77. The van der Waals surface area contributed by atoms with Crippen molar-refractivity contribution >= 4 is 15.8 Å². The number of aromatic nitrogens is 2. The molecule has 1 aromatic rings. The lowest BCUT2D eigenvalue weighted by atomic mass is 10.1. The van der Waals surface area contributed by atoms with Crippen LogP contribution in [0.5, 0.6) is 0 Å². The van der Waals surface area contributed by atoms with Crippen molar-refractivity contribution in [3.8, 4) is 0 Å². The van der Waals surface area contributed by atoms with E-state index >= 15 is 0 Å². The Morgan fingerprint density at radius 2 is 2.24 bits per heavy atom. The second-order valence-electron chi connectivity index (χ2n) is 3.59. The molecule has 1 aromatic heterocycles. The topological polar surface area (TPSA) is 123 Å². The fraction of sp³-hybridized carbons (Fsp3) is 0.444. The maximum Gasteiger partial charge on any atom is 0.320 e. The van der Waals surface area contributed by atoms with Crippen LogP contribution >= 0.6 is 0 Å². The average molecular weight is 259 g/mol. The van der Waals surface area contributed by atoms with Crippen LogP contribution in [-0.4, -0.2) is 41.8 Å². The van der Waals surface area contributed by atoms with Crippen molar-refractivity contribution in [2.24, 2.45) is 5.73 Å². The van der Waals surface area contributed by atoms with Crippen LogP contribution in [0, 0.1) is 0 Å². The first kappa shape index (κ1) is 13.5. The summed E-state index contributed by atoms with van der Waals surface area (Å²) in [6.45, 7) is 0. The van der Waals surface area contributed by atoms with Gasteiger partial charge in [0.05, 0.1) is 0 Å². The van der Waals surface area contributed by atoms with Crippen LogP contribution in [0.4, 0.5) is 0 Å². The molecule has 17 heavy (non-hydrogen) atoms. The highest BCUT2D eigenvalue weighted by molar-refractivity contribution is 7.90. The maximum atomic E-state index is 11.2. The molecule has 0 spiro atoms. The molecule has 8 heteroatoms. The van der Waals surface area contributed by atoms with Crippen LogP contribution in [-0.2, 0) is 21.1 Å². The van der Waals surface area contributed by atoms with Gasteiger partial charge >= 0.3 is 5.97 Å². The summed E-state index contributed by atoms with van der Waals surface area (Å²) in [7, 11) is -3.45. The second-order valence-corrected chi connectivity index (χ2v) is 5.50. The van der Waals surface area contributed by atoms with Crippen molar-refractivity contribution in [1.82, 2.24) is 9.97 Å². The third kappa shape index (κ3) is 4.08. The number of hydrogen-bond donors (Lipinski definition) is 2. The molecule has 0 aliphatic carbocycles. The Kier molecular flexibility index (Phi) is 4.13. The molecule has 1 atom stereocenters. The van der Waals surface area contributed by atoms with Gasteiger partial charge in [0.2, 0.25) is 15.0 Å². The summed E-state index contributed by atoms with van der Waals surface area (Å²) in [5.41, 5.74) is 5.78. The van der Waals surface area contributed by atoms with Gasteiger partial charge < -0.3 is 10.8 Å². The van der Waals surface area contributed by atoms with Crippen molar-refractivity contribution in [2.45, 2.75) is 24.0 Å².